The van der Waals surface area contributed by atoms with Crippen molar-refractivity contribution < 1.29 is 13.5 Å². The number of nitrogens with zero attached hydrogens (tertiary/aromatic N) is 4. The van der Waals surface area contributed by atoms with Gasteiger partial charge in [0.05, 0.1) is 12.3 Å². The maximum absolute atomic E-state index is 13.6. The number of alkyl halides is 2. The summed E-state index contributed by atoms with van der Waals surface area (Å²) < 4.78 is 34.2. The van der Waals surface area contributed by atoms with Crippen LogP contribution >= 0.6 is 11.8 Å². The lowest BCUT2D eigenvalue weighted by Gasteiger charge is -2.33. The second kappa shape index (κ2) is 9.96. The van der Waals surface area contributed by atoms with Gasteiger partial charge in [0, 0.05) is 75.4 Å². The van der Waals surface area contributed by atoms with Crippen molar-refractivity contribution in [2.24, 2.45) is 7.05 Å². The number of hydrogen-bond acceptors (Lipinski definition) is 6. The number of hydrogen-bond donors (Lipinski definition) is 1. The van der Waals surface area contributed by atoms with Gasteiger partial charge in [0.1, 0.15) is 10.8 Å². The Kier molecular flexibility index (Phi) is 7.57. The number of methoxy groups -OCH3 is 1. The molecular formula is C21H31F2N5OS. The average molecular weight is 440 g/mol. The van der Waals surface area contributed by atoms with Crippen LogP contribution in [0, 0.1) is 6.92 Å². The number of halogens is 2. The van der Waals surface area contributed by atoms with Crippen LogP contribution in [-0.2, 0) is 24.0 Å². The Hall–Kier alpha value is -1.87. The summed E-state index contributed by atoms with van der Waals surface area (Å²) in [6.07, 6.45) is 0.717. The molecule has 0 saturated carbocycles. The quantitative estimate of drug-likeness (QED) is 0.465. The van der Waals surface area contributed by atoms with Crippen molar-refractivity contribution in [3.8, 4) is 0 Å². The molecule has 0 aliphatic carbocycles. The molecule has 3 heterocycles. The van der Waals surface area contributed by atoms with Gasteiger partial charge >= 0.3 is 0 Å². The van der Waals surface area contributed by atoms with E-state index in [1.165, 1.54) is 11.3 Å². The molecule has 2 aromatic rings. The summed E-state index contributed by atoms with van der Waals surface area (Å²) in [5.74, 6) is -1.16. The highest BCUT2D eigenvalue weighted by molar-refractivity contribution is 7.98. The van der Waals surface area contributed by atoms with E-state index in [1.54, 1.807) is 18.9 Å². The summed E-state index contributed by atoms with van der Waals surface area (Å²) in [5, 5.41) is 8.91. The fourth-order valence-electron chi connectivity index (χ4n) is 3.70. The second-order valence-corrected chi connectivity index (χ2v) is 8.57. The number of anilines is 2. The number of nitrogens with one attached hydrogen (secondary N) is 1. The minimum absolute atomic E-state index is 0.112. The van der Waals surface area contributed by atoms with Crippen LogP contribution in [0.5, 0.6) is 0 Å². The molecule has 1 aliphatic heterocycles. The number of pyridine rings is 1. The minimum Gasteiger partial charge on any atom is -0.383 e. The highest BCUT2D eigenvalue weighted by Crippen LogP contribution is 2.33. The lowest BCUT2D eigenvalue weighted by molar-refractivity contribution is -0.0220. The average Bonchev–Trinajstić information content (AvgIpc) is 2.99. The van der Waals surface area contributed by atoms with E-state index in [0.29, 0.717) is 32.0 Å². The Labute approximate surface area is 181 Å². The molecule has 0 radical (unpaired) electrons. The maximum atomic E-state index is 13.6. The first kappa shape index (κ1) is 22.8. The summed E-state index contributed by atoms with van der Waals surface area (Å²) in [4.78, 5) is 6.75. The molecule has 30 heavy (non-hydrogen) atoms. The SMILES string of the molecule is CCc1c(C)c(SCc2cc(N3CCC(F)(F)CC3)cc(NCCOC)n2)nn1C. The van der Waals surface area contributed by atoms with Crippen molar-refractivity contribution in [2.75, 3.05) is 43.6 Å². The van der Waals surface area contributed by atoms with Crippen molar-refractivity contribution in [3.05, 3.63) is 29.1 Å². The van der Waals surface area contributed by atoms with E-state index in [2.05, 4.69) is 24.3 Å². The third kappa shape index (κ3) is 5.63. The zero-order valence-corrected chi connectivity index (χ0v) is 19.0. The molecule has 0 unspecified atom stereocenters. The van der Waals surface area contributed by atoms with Gasteiger partial charge in [0.2, 0.25) is 0 Å². The number of thioether (sulfide) groups is 1. The van der Waals surface area contributed by atoms with Gasteiger partial charge in [-0.3, -0.25) is 4.68 Å². The van der Waals surface area contributed by atoms with Crippen LogP contribution in [-0.4, -0.2) is 54.0 Å². The van der Waals surface area contributed by atoms with Crippen molar-refractivity contribution in [1.29, 1.82) is 0 Å². The second-order valence-electron chi connectivity index (χ2n) is 7.61. The molecule has 1 saturated heterocycles. The molecule has 0 aromatic carbocycles. The van der Waals surface area contributed by atoms with Crippen LogP contribution in [0.4, 0.5) is 20.3 Å². The van der Waals surface area contributed by atoms with E-state index in [9.17, 15) is 8.78 Å². The van der Waals surface area contributed by atoms with Crippen LogP contribution in [0.3, 0.4) is 0 Å². The fourth-order valence-corrected chi connectivity index (χ4v) is 4.65. The lowest BCUT2D eigenvalue weighted by Crippen LogP contribution is -2.39. The van der Waals surface area contributed by atoms with Gasteiger partial charge in [-0.2, -0.15) is 5.10 Å². The molecule has 0 spiro atoms. The lowest BCUT2D eigenvalue weighted by atomic mass is 10.1. The van der Waals surface area contributed by atoms with Gasteiger partial charge < -0.3 is 15.0 Å². The molecule has 0 bridgehead atoms. The number of aryl methyl sites for hydroxylation is 1. The highest BCUT2D eigenvalue weighted by Gasteiger charge is 2.34. The molecule has 1 aliphatic rings. The Morgan fingerprint density at radius 2 is 2.00 bits per heavy atom. The van der Waals surface area contributed by atoms with Crippen LogP contribution in [0.15, 0.2) is 17.2 Å². The molecule has 166 valence electrons. The highest BCUT2D eigenvalue weighted by atomic mass is 32.2. The number of aromatic nitrogens is 3. The Bertz CT molecular complexity index is 848. The number of ether oxygens (including phenoxy) is 1. The number of piperidine rings is 1. The predicted octanol–water partition coefficient (Wildman–Crippen LogP) is 4.27. The first-order valence-electron chi connectivity index (χ1n) is 10.3. The van der Waals surface area contributed by atoms with Gasteiger partial charge in [-0.15, -0.1) is 0 Å². The first-order chi connectivity index (χ1) is 14.3. The third-order valence-corrected chi connectivity index (χ3v) is 6.51. The van der Waals surface area contributed by atoms with E-state index in [4.69, 9.17) is 9.72 Å². The molecule has 1 N–H and O–H groups in total. The van der Waals surface area contributed by atoms with Crippen LogP contribution in [0.25, 0.3) is 0 Å². The molecule has 3 rings (SSSR count). The Balaban J connectivity index is 1.77. The summed E-state index contributed by atoms with van der Waals surface area (Å²) in [5.41, 5.74) is 4.27. The topological polar surface area (TPSA) is 55.2 Å². The summed E-state index contributed by atoms with van der Waals surface area (Å²) in [6, 6.07) is 3.95. The Morgan fingerprint density at radius 3 is 2.63 bits per heavy atom. The van der Waals surface area contributed by atoms with Gasteiger partial charge in [-0.05, 0) is 19.4 Å². The Morgan fingerprint density at radius 1 is 1.27 bits per heavy atom. The molecule has 0 amide bonds. The zero-order chi connectivity index (χ0) is 21.7. The van der Waals surface area contributed by atoms with E-state index in [-0.39, 0.29) is 12.8 Å². The van der Waals surface area contributed by atoms with E-state index in [0.717, 1.165) is 28.6 Å². The molecular weight excluding hydrogens is 408 g/mol. The van der Waals surface area contributed by atoms with Crippen molar-refractivity contribution in [1.82, 2.24) is 14.8 Å². The van der Waals surface area contributed by atoms with Crippen LogP contribution in [0.2, 0.25) is 0 Å². The van der Waals surface area contributed by atoms with E-state index in [1.807, 2.05) is 28.8 Å². The van der Waals surface area contributed by atoms with Crippen LogP contribution < -0.4 is 10.2 Å². The summed E-state index contributed by atoms with van der Waals surface area (Å²) >= 11 is 1.66. The zero-order valence-electron chi connectivity index (χ0n) is 18.2. The fraction of sp³-hybridized carbons (Fsp3) is 0.619. The molecule has 9 heteroatoms. The van der Waals surface area contributed by atoms with Crippen LogP contribution in [0.1, 0.15) is 36.7 Å². The van der Waals surface area contributed by atoms with E-state index >= 15 is 0 Å². The smallest absolute Gasteiger partial charge is 0.251 e. The van der Waals surface area contributed by atoms with Crippen molar-refractivity contribution in [2.45, 2.75) is 49.8 Å². The molecule has 0 atom stereocenters. The summed E-state index contributed by atoms with van der Waals surface area (Å²) in [6.45, 7) is 6.13. The van der Waals surface area contributed by atoms with Gasteiger partial charge in [-0.1, -0.05) is 18.7 Å². The summed E-state index contributed by atoms with van der Waals surface area (Å²) in [7, 11) is 3.62. The molecule has 6 nitrogen and oxygen atoms in total. The van der Waals surface area contributed by atoms with Crippen molar-refractivity contribution >= 4 is 23.3 Å². The van der Waals surface area contributed by atoms with Gasteiger partial charge in [-0.25, -0.2) is 13.8 Å². The first-order valence-corrected chi connectivity index (χ1v) is 11.3. The minimum atomic E-state index is -2.56. The van der Waals surface area contributed by atoms with Crippen molar-refractivity contribution in [3.63, 3.8) is 0 Å². The standard InChI is InChI=1S/C21H31F2N5OS/c1-5-18-15(2)20(26-27(18)3)30-14-16-12-17(13-19(25-16)24-8-11-29-4)28-9-6-21(22,23)7-10-28/h12-13H,5-11,14H2,1-4H3,(H,24,25). The third-order valence-electron chi connectivity index (χ3n) is 5.41. The van der Waals surface area contributed by atoms with Gasteiger partial charge in [0.25, 0.3) is 5.92 Å². The maximum Gasteiger partial charge on any atom is 0.251 e. The number of rotatable bonds is 9. The van der Waals surface area contributed by atoms with Gasteiger partial charge in [0.15, 0.2) is 0 Å². The predicted molar refractivity (Wildman–Crippen MR) is 118 cm³/mol. The normalized spacial score (nSPS) is 16.1. The van der Waals surface area contributed by atoms with E-state index < -0.39 is 5.92 Å². The molecule has 1 fully saturated rings. The molecule has 2 aromatic heterocycles. The monoisotopic (exact) mass is 439 g/mol. The largest absolute Gasteiger partial charge is 0.383 e.